The van der Waals surface area contributed by atoms with Gasteiger partial charge in [-0.2, -0.15) is 16.8 Å². The Morgan fingerprint density at radius 1 is 0.629 bits per heavy atom. The molecule has 382 valence electrons. The smallest absolute Gasteiger partial charge is 0.408 e. The van der Waals surface area contributed by atoms with Crippen molar-refractivity contribution in [3.8, 4) is 0 Å². The SMILES string of the molecule is C.CN1CCC(OS(C)(=O)=O)CC1.Cc1c(S(=O)(=O)O)ccc2[nH]c(=O)oc12.Cc1c(S)ccc2[nH]c(=O)oc12.Cc1c(SC2CCN(C)CC2)ccc2[nH]c(=O)oc12.Cc1cccc2[nH]c(=O)oc12.[2HH]. The number of H-pyrrole nitrogens is 4. The molecule has 0 atom stereocenters. The van der Waals surface area contributed by atoms with Gasteiger partial charge < -0.3 is 27.5 Å². The third kappa shape index (κ3) is 14.7. The van der Waals surface area contributed by atoms with Gasteiger partial charge in [0.15, 0.2) is 22.3 Å². The lowest BCUT2D eigenvalue weighted by Gasteiger charge is -2.28. The van der Waals surface area contributed by atoms with Crippen molar-refractivity contribution < 1.29 is 44.7 Å². The number of benzene rings is 4. The van der Waals surface area contributed by atoms with Crippen LogP contribution >= 0.6 is 24.4 Å². The van der Waals surface area contributed by atoms with Gasteiger partial charge in [0.05, 0.1) is 34.4 Å². The summed E-state index contributed by atoms with van der Waals surface area (Å²) in [4.78, 5) is 60.2. The average Bonchev–Trinajstić information content (AvgIpc) is 4.07. The molecule has 4 aromatic carbocycles. The molecule has 20 nitrogen and oxygen atoms in total. The Balaban J connectivity index is 0.000000194. The molecule has 0 unspecified atom stereocenters. The fourth-order valence-electron chi connectivity index (χ4n) is 7.54. The molecule has 6 heterocycles. The predicted molar refractivity (Wildman–Crippen MR) is 275 cm³/mol. The maximum Gasteiger partial charge on any atom is 0.417 e. The molecule has 10 rings (SSSR count). The molecular weight excluding hydrogens is 989 g/mol. The van der Waals surface area contributed by atoms with Gasteiger partial charge in [-0.05, 0) is 129 Å². The summed E-state index contributed by atoms with van der Waals surface area (Å²) < 4.78 is 76.9. The molecule has 0 bridgehead atoms. The van der Waals surface area contributed by atoms with Crippen LogP contribution in [0.25, 0.3) is 44.4 Å². The van der Waals surface area contributed by atoms with Crippen molar-refractivity contribution in [1.29, 1.82) is 0 Å². The lowest BCUT2D eigenvalue weighted by Crippen LogP contribution is -2.35. The molecule has 0 radical (unpaired) electrons. The molecule has 4 aromatic heterocycles. The van der Waals surface area contributed by atoms with Crippen LogP contribution in [0.4, 0.5) is 0 Å². The number of piperidine rings is 2. The molecule has 0 saturated carbocycles. The first-order valence-electron chi connectivity index (χ1n) is 21.5. The Labute approximate surface area is 413 Å². The number of thioether (sulfide) groups is 1. The van der Waals surface area contributed by atoms with E-state index in [2.05, 4.69) is 55.5 Å². The lowest BCUT2D eigenvalue weighted by molar-refractivity contribution is 0.121. The number of nitrogens with one attached hydrogen (secondary N) is 4. The van der Waals surface area contributed by atoms with Gasteiger partial charge in [-0.15, -0.1) is 24.4 Å². The highest BCUT2D eigenvalue weighted by Gasteiger charge is 2.22. The number of nitrogens with zero attached hydrogens (tertiary/aromatic N) is 2. The first kappa shape index (κ1) is 55.3. The second-order valence-corrected chi connectivity index (χ2v) is 21.4. The molecular formula is C46H60N6O14S4. The van der Waals surface area contributed by atoms with E-state index >= 15 is 0 Å². The first-order valence-corrected chi connectivity index (χ1v) is 26.1. The molecule has 5 N–H and O–H groups in total. The molecule has 24 heteroatoms. The summed E-state index contributed by atoms with van der Waals surface area (Å²) >= 11 is 6.12. The zero-order valence-electron chi connectivity index (χ0n) is 38.8. The van der Waals surface area contributed by atoms with Crippen LogP contribution in [0.2, 0.25) is 0 Å². The maximum atomic E-state index is 11.2. The van der Waals surface area contributed by atoms with Crippen LogP contribution in [0.5, 0.6) is 0 Å². The van der Waals surface area contributed by atoms with E-state index in [0.29, 0.717) is 27.5 Å². The number of aryl methyl sites for hydroxylation is 4. The minimum atomic E-state index is -4.29. The monoisotopic (exact) mass is 1050 g/mol. The Morgan fingerprint density at radius 2 is 1.06 bits per heavy atom. The minimum Gasteiger partial charge on any atom is -0.408 e. The fourth-order valence-corrected chi connectivity index (χ4v) is 10.3. The largest absolute Gasteiger partial charge is 0.417 e. The van der Waals surface area contributed by atoms with E-state index < -0.39 is 37.5 Å². The van der Waals surface area contributed by atoms with Crippen molar-refractivity contribution in [3.05, 3.63) is 119 Å². The molecule has 8 aromatic rings. The van der Waals surface area contributed by atoms with Gasteiger partial charge in [0.1, 0.15) is 4.90 Å². The third-order valence-corrected chi connectivity index (χ3v) is 14.8. The normalized spacial score (nSPS) is 15.0. The number of aromatic amines is 4. The highest BCUT2D eigenvalue weighted by atomic mass is 32.2. The molecule has 0 spiro atoms. The number of rotatable bonds is 5. The van der Waals surface area contributed by atoms with Crippen LogP contribution < -0.4 is 23.0 Å². The van der Waals surface area contributed by atoms with Crippen molar-refractivity contribution >= 4 is 89.0 Å². The highest BCUT2D eigenvalue weighted by Crippen LogP contribution is 2.34. The Hall–Kier alpha value is -5.60. The average molecular weight is 1050 g/mol. The number of fused-ring (bicyclic) bond motifs is 4. The van der Waals surface area contributed by atoms with Gasteiger partial charge >= 0.3 is 23.0 Å². The van der Waals surface area contributed by atoms with Gasteiger partial charge in [-0.25, -0.2) is 19.2 Å². The predicted octanol–water partition coefficient (Wildman–Crippen LogP) is 7.38. The van der Waals surface area contributed by atoms with Crippen molar-refractivity contribution in [2.24, 2.45) is 0 Å². The van der Waals surface area contributed by atoms with Crippen LogP contribution in [-0.4, -0.2) is 109 Å². The van der Waals surface area contributed by atoms with E-state index in [1.807, 2.05) is 69.9 Å². The molecule has 2 aliphatic heterocycles. The summed E-state index contributed by atoms with van der Waals surface area (Å²) in [6.07, 6.45) is 5.06. The highest BCUT2D eigenvalue weighted by molar-refractivity contribution is 8.00. The van der Waals surface area contributed by atoms with Crippen molar-refractivity contribution in [1.82, 2.24) is 29.7 Å². The summed E-state index contributed by atoms with van der Waals surface area (Å²) in [5.41, 5.74) is 7.86. The van der Waals surface area contributed by atoms with E-state index in [-0.39, 0.29) is 36.8 Å². The van der Waals surface area contributed by atoms with Crippen molar-refractivity contribution in [2.45, 2.75) is 86.8 Å². The molecule has 0 aliphatic carbocycles. The van der Waals surface area contributed by atoms with Gasteiger partial charge in [-0.3, -0.25) is 28.7 Å². The Morgan fingerprint density at radius 3 is 1.54 bits per heavy atom. The number of hydrogen-bond acceptors (Lipinski definition) is 17. The van der Waals surface area contributed by atoms with E-state index in [1.54, 1.807) is 6.07 Å². The lowest BCUT2D eigenvalue weighted by atomic mass is 10.1. The standard InChI is InChI=1S/C14H18N2O2S.C8H7NO5S.C8H7NO2S.C8H7NO2.C7H15NO3S.CH4.H2/c1-9-12(19-10-5-7-16(2)8-6-10)4-3-11-13(9)18-14(17)15-11;1-4-6(15(11,12)13)3-2-5-7(4)14-8(10)9-5;1-4-6(12)3-2-5-7(4)11-8(10)9-5;1-5-3-2-4-6-7(5)11-8(10)9-6;1-8-5-3-7(4-6-8)11-12(2,9)10;;/h3-4,10H,5-8H2,1-2H3,(H,15,17);2-3H,1H3,(H,9,10)(H,11,12,13);2-3,12H,1H3,(H,9,10);2-4H,1H3,(H,9,10);7H,3-6H2,1-2H3;1H4;1H/i;;;;;;1+1. The van der Waals surface area contributed by atoms with Crippen LogP contribution in [0, 0.1) is 27.7 Å². The number of likely N-dealkylation sites (tertiary alicyclic amines) is 2. The first-order chi connectivity index (χ1) is 32.4. The number of aromatic nitrogens is 4. The summed E-state index contributed by atoms with van der Waals surface area (Å²) in [5, 5.41) is 0.665. The van der Waals surface area contributed by atoms with Gasteiger partial charge in [0, 0.05) is 46.2 Å². The van der Waals surface area contributed by atoms with Gasteiger partial charge in [-0.1, -0.05) is 19.6 Å². The summed E-state index contributed by atoms with van der Waals surface area (Å²) in [6.45, 7) is 11.4. The third-order valence-electron chi connectivity index (χ3n) is 11.2. The van der Waals surface area contributed by atoms with E-state index in [9.17, 15) is 36.0 Å². The molecule has 2 aliphatic rings. The molecule has 70 heavy (non-hydrogen) atoms. The zero-order valence-corrected chi connectivity index (χ0v) is 42.2. The Kier molecular flexibility index (Phi) is 18.6. The van der Waals surface area contributed by atoms with E-state index in [1.165, 1.54) is 36.8 Å². The van der Waals surface area contributed by atoms with Gasteiger partial charge in [0.2, 0.25) is 0 Å². The number of oxazole rings is 4. The van der Waals surface area contributed by atoms with Gasteiger partial charge in [0.25, 0.3) is 20.2 Å². The second-order valence-electron chi connectivity index (χ2n) is 16.6. The molecule has 2 fully saturated rings. The van der Waals surface area contributed by atoms with Crippen LogP contribution in [0.15, 0.2) is 106 Å². The quantitative estimate of drug-likeness (QED) is 0.0557. The molecule has 0 amide bonds. The Bertz CT molecular complexity index is 3540. The molecule has 2 saturated heterocycles. The number of para-hydroxylation sites is 1. The summed E-state index contributed by atoms with van der Waals surface area (Å²) in [5.74, 6) is -1.86. The number of hydrogen-bond donors (Lipinski definition) is 6. The number of thiol groups is 1. The zero-order chi connectivity index (χ0) is 50.4. The van der Waals surface area contributed by atoms with Crippen LogP contribution in [0.3, 0.4) is 0 Å². The van der Waals surface area contributed by atoms with Crippen molar-refractivity contribution in [2.75, 3.05) is 46.5 Å². The van der Waals surface area contributed by atoms with E-state index in [4.69, 9.17) is 26.4 Å². The summed E-state index contributed by atoms with van der Waals surface area (Å²) in [7, 11) is -3.35. The second kappa shape index (κ2) is 23.5. The van der Waals surface area contributed by atoms with Crippen LogP contribution in [-0.2, 0) is 24.4 Å². The summed E-state index contributed by atoms with van der Waals surface area (Å²) in [6, 6.07) is 15.8. The fraction of sp³-hybridized carbons (Fsp3) is 0.391. The maximum absolute atomic E-state index is 11.2. The van der Waals surface area contributed by atoms with E-state index in [0.717, 1.165) is 83.4 Å². The van der Waals surface area contributed by atoms with Crippen molar-refractivity contribution in [3.63, 3.8) is 0 Å². The topological polar surface area (TPSA) is 288 Å². The minimum absolute atomic E-state index is 0. The van der Waals surface area contributed by atoms with Crippen LogP contribution in [0.1, 0.15) is 56.8 Å².